The molecule has 0 aromatic carbocycles. The molecule has 0 saturated heterocycles. The lowest BCUT2D eigenvalue weighted by atomic mass is 9.86. The van der Waals surface area contributed by atoms with E-state index >= 15 is 0 Å². The molecule has 2 aliphatic rings. The Morgan fingerprint density at radius 3 is 2.85 bits per heavy atom. The Labute approximate surface area is 125 Å². The van der Waals surface area contributed by atoms with E-state index in [0.29, 0.717) is 17.9 Å². The molecule has 3 atom stereocenters. The van der Waals surface area contributed by atoms with Crippen LogP contribution in [0.1, 0.15) is 48.2 Å². The van der Waals surface area contributed by atoms with Gasteiger partial charge in [0.25, 0.3) is 5.91 Å². The van der Waals surface area contributed by atoms with E-state index in [0.717, 1.165) is 30.7 Å². The Kier molecular flexibility index (Phi) is 5.11. The second-order valence-corrected chi connectivity index (χ2v) is 5.99. The van der Waals surface area contributed by atoms with E-state index in [1.807, 2.05) is 0 Å². The van der Waals surface area contributed by atoms with Gasteiger partial charge in [-0.05, 0) is 49.5 Å². The molecule has 3 unspecified atom stereocenters. The molecule has 0 radical (unpaired) electrons. The lowest BCUT2D eigenvalue weighted by Gasteiger charge is -2.21. The van der Waals surface area contributed by atoms with Gasteiger partial charge in [-0.25, -0.2) is 0 Å². The van der Waals surface area contributed by atoms with Crippen LogP contribution in [0.2, 0.25) is 0 Å². The van der Waals surface area contributed by atoms with Gasteiger partial charge in [0.1, 0.15) is 12.0 Å². The molecule has 5 heteroatoms. The Hall–Kier alpha value is -1.00. The number of halogens is 1. The summed E-state index contributed by atoms with van der Waals surface area (Å²) in [4.78, 5) is 11.9. The third-order valence-corrected chi connectivity index (χ3v) is 4.80. The topological polar surface area (TPSA) is 68.3 Å². The van der Waals surface area contributed by atoms with Crippen molar-refractivity contribution in [2.45, 2.75) is 38.6 Å². The molecule has 1 aromatic rings. The van der Waals surface area contributed by atoms with Crippen LogP contribution in [0.25, 0.3) is 0 Å². The minimum absolute atomic E-state index is 0. The molecule has 2 aliphatic carbocycles. The molecule has 1 amide bonds. The van der Waals surface area contributed by atoms with Crippen molar-refractivity contribution in [3.05, 3.63) is 23.7 Å². The lowest BCUT2D eigenvalue weighted by molar-refractivity contribution is 0.0949. The van der Waals surface area contributed by atoms with Gasteiger partial charge in [-0.15, -0.1) is 12.4 Å². The first-order chi connectivity index (χ1) is 9.26. The monoisotopic (exact) mass is 298 g/mol. The van der Waals surface area contributed by atoms with Crippen LogP contribution in [0.15, 0.2) is 16.7 Å². The first-order valence-corrected chi connectivity index (χ1v) is 7.32. The number of carbonyl (C=O) groups excluding carboxylic acids is 1. The highest BCUT2D eigenvalue weighted by Gasteiger charge is 2.38. The number of hydrogen-bond donors (Lipinski definition) is 2. The van der Waals surface area contributed by atoms with Gasteiger partial charge in [0.05, 0.1) is 12.1 Å². The quantitative estimate of drug-likeness (QED) is 0.878. The predicted octanol–water partition coefficient (Wildman–Crippen LogP) is 2.72. The van der Waals surface area contributed by atoms with Gasteiger partial charge in [0, 0.05) is 6.54 Å². The van der Waals surface area contributed by atoms with Crippen LogP contribution in [0.4, 0.5) is 0 Å². The van der Waals surface area contributed by atoms with E-state index in [1.54, 1.807) is 6.07 Å². The normalized spacial score (nSPS) is 27.4. The molecule has 2 fully saturated rings. The number of carbonyl (C=O) groups is 1. The van der Waals surface area contributed by atoms with E-state index in [-0.39, 0.29) is 18.3 Å². The fourth-order valence-electron chi connectivity index (χ4n) is 3.81. The van der Waals surface area contributed by atoms with Crippen molar-refractivity contribution in [1.29, 1.82) is 0 Å². The summed E-state index contributed by atoms with van der Waals surface area (Å²) < 4.78 is 5.17. The lowest BCUT2D eigenvalue weighted by Crippen LogP contribution is -2.26. The van der Waals surface area contributed by atoms with Crippen LogP contribution >= 0.6 is 12.4 Å². The van der Waals surface area contributed by atoms with Crippen molar-refractivity contribution in [2.75, 3.05) is 6.54 Å². The standard InChI is InChI=1S/C15H22N2O2.ClH/c16-8-14-7-13(9-19-14)15(18)17-4-3-12-6-10-1-2-11(12)5-10;/h7,9-12H,1-6,8,16H2,(H,17,18);1H. The Morgan fingerprint density at radius 2 is 2.25 bits per heavy atom. The van der Waals surface area contributed by atoms with Crippen LogP contribution < -0.4 is 11.1 Å². The zero-order valence-electron chi connectivity index (χ0n) is 11.6. The zero-order chi connectivity index (χ0) is 13.2. The van der Waals surface area contributed by atoms with E-state index < -0.39 is 0 Å². The summed E-state index contributed by atoms with van der Waals surface area (Å²) in [5, 5.41) is 2.98. The van der Waals surface area contributed by atoms with Gasteiger partial charge in [0.15, 0.2) is 0 Å². The van der Waals surface area contributed by atoms with E-state index in [1.165, 1.54) is 31.9 Å². The summed E-state index contributed by atoms with van der Waals surface area (Å²) >= 11 is 0. The zero-order valence-corrected chi connectivity index (χ0v) is 12.5. The van der Waals surface area contributed by atoms with Gasteiger partial charge in [-0.3, -0.25) is 4.79 Å². The summed E-state index contributed by atoms with van der Waals surface area (Å²) in [6.07, 6.45) is 8.25. The molecular weight excluding hydrogens is 276 g/mol. The molecule has 3 N–H and O–H groups in total. The highest BCUT2D eigenvalue weighted by molar-refractivity contribution is 5.93. The summed E-state index contributed by atoms with van der Waals surface area (Å²) in [6, 6.07) is 1.72. The maximum atomic E-state index is 11.9. The minimum Gasteiger partial charge on any atom is -0.467 e. The SMILES string of the molecule is Cl.NCc1cc(C(=O)NCCC2CC3CCC2C3)co1. The molecule has 20 heavy (non-hydrogen) atoms. The largest absolute Gasteiger partial charge is 0.467 e. The van der Waals surface area contributed by atoms with Crippen LogP contribution in [0, 0.1) is 17.8 Å². The third-order valence-electron chi connectivity index (χ3n) is 4.80. The van der Waals surface area contributed by atoms with E-state index in [4.69, 9.17) is 10.2 Å². The van der Waals surface area contributed by atoms with Gasteiger partial charge in [-0.2, -0.15) is 0 Å². The Balaban J connectivity index is 0.00000147. The molecule has 2 bridgehead atoms. The maximum absolute atomic E-state index is 11.9. The fraction of sp³-hybridized carbons (Fsp3) is 0.667. The highest BCUT2D eigenvalue weighted by atomic mass is 35.5. The molecule has 1 aromatic heterocycles. The van der Waals surface area contributed by atoms with E-state index in [2.05, 4.69) is 5.32 Å². The number of nitrogens with one attached hydrogen (secondary N) is 1. The van der Waals surface area contributed by atoms with Crippen molar-refractivity contribution < 1.29 is 9.21 Å². The summed E-state index contributed by atoms with van der Waals surface area (Å²) in [5.41, 5.74) is 6.03. The molecule has 0 aliphatic heterocycles. The maximum Gasteiger partial charge on any atom is 0.254 e. The van der Waals surface area contributed by atoms with Crippen molar-refractivity contribution in [3.8, 4) is 0 Å². The summed E-state index contributed by atoms with van der Waals surface area (Å²) in [6.45, 7) is 1.11. The number of furan rings is 1. The van der Waals surface area contributed by atoms with Crippen LogP contribution in [0.5, 0.6) is 0 Å². The number of rotatable bonds is 5. The van der Waals surface area contributed by atoms with Crippen LogP contribution in [-0.2, 0) is 6.54 Å². The summed E-state index contributed by atoms with van der Waals surface area (Å²) in [7, 11) is 0. The second-order valence-electron chi connectivity index (χ2n) is 5.99. The number of amides is 1. The van der Waals surface area contributed by atoms with Crippen LogP contribution in [0.3, 0.4) is 0 Å². The Bertz CT molecular complexity index is 460. The van der Waals surface area contributed by atoms with Crippen molar-refractivity contribution in [3.63, 3.8) is 0 Å². The molecule has 1 heterocycles. The summed E-state index contributed by atoms with van der Waals surface area (Å²) in [5.74, 6) is 3.35. The van der Waals surface area contributed by atoms with Gasteiger partial charge < -0.3 is 15.5 Å². The number of nitrogens with two attached hydrogens (primary N) is 1. The first kappa shape index (κ1) is 15.4. The average molecular weight is 299 g/mol. The van der Waals surface area contributed by atoms with Crippen molar-refractivity contribution in [1.82, 2.24) is 5.32 Å². The molecule has 112 valence electrons. The smallest absolute Gasteiger partial charge is 0.254 e. The minimum atomic E-state index is -0.0494. The number of fused-ring (bicyclic) bond motifs is 2. The average Bonchev–Trinajstić information content (AvgIpc) is 3.14. The van der Waals surface area contributed by atoms with Gasteiger partial charge in [0.2, 0.25) is 0 Å². The second kappa shape index (κ2) is 6.64. The highest BCUT2D eigenvalue weighted by Crippen LogP contribution is 2.49. The van der Waals surface area contributed by atoms with Crippen molar-refractivity contribution in [2.24, 2.45) is 23.5 Å². The van der Waals surface area contributed by atoms with Crippen molar-refractivity contribution >= 4 is 18.3 Å². The molecule has 0 spiro atoms. The predicted molar refractivity (Wildman–Crippen MR) is 79.7 cm³/mol. The fourth-order valence-corrected chi connectivity index (χ4v) is 3.81. The first-order valence-electron chi connectivity index (χ1n) is 7.32. The molecule has 3 rings (SSSR count). The molecule has 2 saturated carbocycles. The van der Waals surface area contributed by atoms with Gasteiger partial charge >= 0.3 is 0 Å². The Morgan fingerprint density at radius 1 is 1.40 bits per heavy atom. The van der Waals surface area contributed by atoms with Gasteiger partial charge in [-0.1, -0.05) is 6.42 Å². The molecular formula is C15H23ClN2O2. The number of hydrogen-bond acceptors (Lipinski definition) is 3. The molecule has 4 nitrogen and oxygen atoms in total. The van der Waals surface area contributed by atoms with E-state index in [9.17, 15) is 4.79 Å². The van der Waals surface area contributed by atoms with Crippen LogP contribution in [-0.4, -0.2) is 12.5 Å². The third kappa shape index (κ3) is 3.18.